The van der Waals surface area contributed by atoms with Gasteiger partial charge in [0.15, 0.2) is 0 Å². The summed E-state index contributed by atoms with van der Waals surface area (Å²) in [6, 6.07) is 0.681. The number of aryl methyl sites for hydroxylation is 1. The number of aromatic nitrogens is 1. The van der Waals surface area contributed by atoms with Gasteiger partial charge in [-0.1, -0.05) is 0 Å². The van der Waals surface area contributed by atoms with Gasteiger partial charge >= 0.3 is 0 Å². The first kappa shape index (κ1) is 11.0. The third-order valence-electron chi connectivity index (χ3n) is 2.97. The molecule has 1 aliphatic rings. The third kappa shape index (κ3) is 3.00. The summed E-state index contributed by atoms with van der Waals surface area (Å²) in [5.41, 5.74) is 1.21. The van der Waals surface area contributed by atoms with Crippen LogP contribution in [0, 0.1) is 6.92 Å². The SMILES string of the molecule is Cc1nc(CN(C)C2CCCNC2)cs1. The Morgan fingerprint density at radius 2 is 2.53 bits per heavy atom. The minimum atomic E-state index is 0.681. The Balaban J connectivity index is 1.88. The Morgan fingerprint density at radius 1 is 1.67 bits per heavy atom. The van der Waals surface area contributed by atoms with Crippen molar-refractivity contribution < 1.29 is 0 Å². The van der Waals surface area contributed by atoms with Crippen LogP contribution in [-0.4, -0.2) is 36.1 Å². The number of rotatable bonds is 3. The molecule has 1 aliphatic heterocycles. The van der Waals surface area contributed by atoms with Crippen molar-refractivity contribution in [2.45, 2.75) is 32.4 Å². The number of nitrogens with one attached hydrogen (secondary N) is 1. The smallest absolute Gasteiger partial charge is 0.0897 e. The lowest BCUT2D eigenvalue weighted by Crippen LogP contribution is -2.43. The van der Waals surface area contributed by atoms with Gasteiger partial charge in [0.25, 0.3) is 0 Å². The molecule has 2 heterocycles. The number of likely N-dealkylation sites (N-methyl/N-ethyl adjacent to an activating group) is 1. The van der Waals surface area contributed by atoms with Gasteiger partial charge in [0.05, 0.1) is 10.7 Å². The van der Waals surface area contributed by atoms with Crippen molar-refractivity contribution in [2.24, 2.45) is 0 Å². The molecule has 0 spiro atoms. The Hall–Kier alpha value is -0.450. The summed E-state index contributed by atoms with van der Waals surface area (Å²) in [5, 5.41) is 6.78. The summed E-state index contributed by atoms with van der Waals surface area (Å²) in [4.78, 5) is 6.92. The van der Waals surface area contributed by atoms with E-state index in [-0.39, 0.29) is 0 Å². The summed E-state index contributed by atoms with van der Waals surface area (Å²) in [6.45, 7) is 5.35. The van der Waals surface area contributed by atoms with Crippen LogP contribution in [0.4, 0.5) is 0 Å². The second-order valence-corrected chi connectivity index (χ2v) is 5.34. The van der Waals surface area contributed by atoms with E-state index in [0.29, 0.717) is 6.04 Å². The molecular weight excluding hydrogens is 206 g/mol. The fourth-order valence-electron chi connectivity index (χ4n) is 2.08. The molecule has 0 aromatic carbocycles. The molecule has 0 aliphatic carbocycles. The molecule has 1 fully saturated rings. The molecular formula is C11H19N3S. The highest BCUT2D eigenvalue weighted by molar-refractivity contribution is 7.09. The number of piperidine rings is 1. The zero-order valence-corrected chi connectivity index (χ0v) is 10.3. The lowest BCUT2D eigenvalue weighted by atomic mass is 10.1. The van der Waals surface area contributed by atoms with E-state index < -0.39 is 0 Å². The van der Waals surface area contributed by atoms with Crippen LogP contribution in [-0.2, 0) is 6.54 Å². The largest absolute Gasteiger partial charge is 0.315 e. The maximum atomic E-state index is 4.50. The summed E-state index contributed by atoms with van der Waals surface area (Å²) in [6.07, 6.45) is 2.61. The van der Waals surface area contributed by atoms with Crippen LogP contribution >= 0.6 is 11.3 Å². The average Bonchev–Trinajstić information content (AvgIpc) is 2.65. The second-order valence-electron chi connectivity index (χ2n) is 4.27. The average molecular weight is 225 g/mol. The van der Waals surface area contributed by atoms with Gasteiger partial charge in [-0.15, -0.1) is 11.3 Å². The molecule has 0 bridgehead atoms. The van der Waals surface area contributed by atoms with Crippen LogP contribution in [0.1, 0.15) is 23.5 Å². The molecule has 84 valence electrons. The summed E-state index contributed by atoms with van der Waals surface area (Å²) in [5.74, 6) is 0. The van der Waals surface area contributed by atoms with Gasteiger partial charge in [-0.05, 0) is 33.4 Å². The van der Waals surface area contributed by atoms with Crippen LogP contribution in [0.25, 0.3) is 0 Å². The minimum Gasteiger partial charge on any atom is -0.315 e. The Bertz CT molecular complexity index is 305. The number of hydrogen-bond acceptors (Lipinski definition) is 4. The van der Waals surface area contributed by atoms with Crippen molar-refractivity contribution >= 4 is 11.3 Å². The van der Waals surface area contributed by atoms with E-state index in [0.717, 1.165) is 13.1 Å². The number of thiazole rings is 1. The maximum Gasteiger partial charge on any atom is 0.0897 e. The molecule has 1 N–H and O–H groups in total. The van der Waals surface area contributed by atoms with Gasteiger partial charge in [0, 0.05) is 24.5 Å². The normalized spacial score (nSPS) is 22.2. The van der Waals surface area contributed by atoms with Crippen molar-refractivity contribution in [3.63, 3.8) is 0 Å². The number of hydrogen-bond donors (Lipinski definition) is 1. The second kappa shape index (κ2) is 5.05. The van der Waals surface area contributed by atoms with Crippen molar-refractivity contribution in [3.05, 3.63) is 16.1 Å². The van der Waals surface area contributed by atoms with Crippen LogP contribution in [0.2, 0.25) is 0 Å². The molecule has 15 heavy (non-hydrogen) atoms. The standard InChI is InChI=1S/C11H19N3S/c1-9-13-10(8-15-9)7-14(2)11-4-3-5-12-6-11/h8,11-12H,3-7H2,1-2H3. The topological polar surface area (TPSA) is 28.2 Å². The zero-order chi connectivity index (χ0) is 10.7. The minimum absolute atomic E-state index is 0.681. The highest BCUT2D eigenvalue weighted by Crippen LogP contribution is 2.14. The molecule has 4 heteroatoms. The highest BCUT2D eigenvalue weighted by atomic mass is 32.1. The number of nitrogens with zero attached hydrogens (tertiary/aromatic N) is 2. The van der Waals surface area contributed by atoms with Crippen molar-refractivity contribution in [1.82, 2.24) is 15.2 Å². The quantitative estimate of drug-likeness (QED) is 0.847. The first-order chi connectivity index (χ1) is 7.25. The molecule has 2 rings (SSSR count). The molecule has 1 aromatic rings. The van der Waals surface area contributed by atoms with E-state index in [4.69, 9.17) is 0 Å². The van der Waals surface area contributed by atoms with Gasteiger partial charge in [0.1, 0.15) is 0 Å². The lowest BCUT2D eigenvalue weighted by molar-refractivity contribution is 0.194. The van der Waals surface area contributed by atoms with Gasteiger partial charge in [-0.2, -0.15) is 0 Å². The maximum absolute atomic E-state index is 4.50. The van der Waals surface area contributed by atoms with Crippen LogP contribution < -0.4 is 5.32 Å². The van der Waals surface area contributed by atoms with Gasteiger partial charge in [0.2, 0.25) is 0 Å². The molecule has 1 saturated heterocycles. The van der Waals surface area contributed by atoms with E-state index >= 15 is 0 Å². The van der Waals surface area contributed by atoms with E-state index in [9.17, 15) is 0 Å². The highest BCUT2D eigenvalue weighted by Gasteiger charge is 2.18. The van der Waals surface area contributed by atoms with Crippen LogP contribution in [0.5, 0.6) is 0 Å². The molecule has 3 nitrogen and oxygen atoms in total. The Kier molecular flexibility index (Phi) is 3.72. The van der Waals surface area contributed by atoms with Gasteiger partial charge < -0.3 is 5.32 Å². The van der Waals surface area contributed by atoms with Crippen molar-refractivity contribution in [1.29, 1.82) is 0 Å². The van der Waals surface area contributed by atoms with Crippen molar-refractivity contribution in [3.8, 4) is 0 Å². The molecule has 0 amide bonds. The van der Waals surface area contributed by atoms with Crippen LogP contribution in [0.3, 0.4) is 0 Å². The predicted octanol–water partition coefficient (Wildman–Crippen LogP) is 1.64. The van der Waals surface area contributed by atoms with E-state index in [2.05, 4.69) is 34.6 Å². The predicted molar refractivity (Wildman–Crippen MR) is 64.2 cm³/mol. The van der Waals surface area contributed by atoms with E-state index in [1.165, 1.54) is 30.1 Å². The first-order valence-corrected chi connectivity index (χ1v) is 6.45. The first-order valence-electron chi connectivity index (χ1n) is 5.57. The van der Waals surface area contributed by atoms with E-state index in [1.807, 2.05) is 0 Å². The van der Waals surface area contributed by atoms with Crippen molar-refractivity contribution in [2.75, 3.05) is 20.1 Å². The lowest BCUT2D eigenvalue weighted by Gasteiger charge is -2.31. The third-order valence-corrected chi connectivity index (χ3v) is 3.79. The summed E-state index contributed by atoms with van der Waals surface area (Å²) in [7, 11) is 2.20. The molecule has 0 saturated carbocycles. The monoisotopic (exact) mass is 225 g/mol. The van der Waals surface area contributed by atoms with E-state index in [1.54, 1.807) is 11.3 Å². The summed E-state index contributed by atoms with van der Waals surface area (Å²) >= 11 is 1.74. The molecule has 1 unspecified atom stereocenters. The van der Waals surface area contributed by atoms with Gasteiger partial charge in [-0.3, -0.25) is 4.90 Å². The Labute approximate surface area is 95.5 Å². The van der Waals surface area contributed by atoms with Gasteiger partial charge in [-0.25, -0.2) is 4.98 Å². The molecule has 1 aromatic heterocycles. The fourth-order valence-corrected chi connectivity index (χ4v) is 2.68. The zero-order valence-electron chi connectivity index (χ0n) is 9.49. The molecule has 1 atom stereocenters. The Morgan fingerprint density at radius 3 is 3.13 bits per heavy atom. The molecule has 0 radical (unpaired) electrons. The van der Waals surface area contributed by atoms with Crippen LogP contribution in [0.15, 0.2) is 5.38 Å². The summed E-state index contributed by atoms with van der Waals surface area (Å²) < 4.78 is 0. The fraction of sp³-hybridized carbons (Fsp3) is 0.727.